The summed E-state index contributed by atoms with van der Waals surface area (Å²) in [6.45, 7) is 8.76. The lowest BCUT2D eigenvalue weighted by Crippen LogP contribution is -2.81. The van der Waals surface area contributed by atoms with Crippen LogP contribution < -0.4 is 0 Å². The van der Waals surface area contributed by atoms with Crippen LogP contribution in [0.1, 0.15) is 76.2 Å². The number of ether oxygens (including phenoxy) is 4. The van der Waals surface area contributed by atoms with E-state index in [0.29, 0.717) is 5.56 Å². The Morgan fingerprint density at radius 1 is 0.961 bits per heavy atom. The Labute approximate surface area is 296 Å². The van der Waals surface area contributed by atoms with E-state index in [4.69, 9.17) is 18.9 Å². The van der Waals surface area contributed by atoms with Crippen molar-refractivity contribution in [3.8, 4) is 0 Å². The third-order valence-electron chi connectivity index (χ3n) is 12.2. The van der Waals surface area contributed by atoms with Crippen LogP contribution in [0, 0.1) is 16.7 Å². The van der Waals surface area contributed by atoms with Crippen molar-refractivity contribution in [1.82, 2.24) is 0 Å². The quantitative estimate of drug-likeness (QED) is 0.188. The number of Topliss-reactive ketones (excluding diaryl/α,β-unsaturated/α-hetero) is 1. The molecule has 0 aromatic heterocycles. The van der Waals surface area contributed by atoms with Crippen LogP contribution in [-0.4, -0.2) is 98.6 Å². The Hall–Kier alpha value is -3.94. The summed E-state index contributed by atoms with van der Waals surface area (Å²) >= 11 is 0. The first-order valence-electron chi connectivity index (χ1n) is 17.3. The second-order valence-corrected chi connectivity index (χ2v) is 15.2. The average Bonchev–Trinajstić information content (AvgIpc) is 3.09. The van der Waals surface area contributed by atoms with Crippen LogP contribution in [-0.2, 0) is 33.3 Å². The van der Waals surface area contributed by atoms with E-state index in [1.54, 1.807) is 76.2 Å². The van der Waals surface area contributed by atoms with Gasteiger partial charge in [-0.3, -0.25) is 9.59 Å². The van der Waals surface area contributed by atoms with Gasteiger partial charge in [0.15, 0.2) is 17.5 Å². The summed E-state index contributed by atoms with van der Waals surface area (Å²) in [4.78, 5) is 55.1. The van der Waals surface area contributed by atoms with Gasteiger partial charge in [0.05, 0.1) is 29.6 Å². The van der Waals surface area contributed by atoms with Crippen LogP contribution in [0.15, 0.2) is 71.8 Å². The molecule has 4 N–H and O–H groups in total. The monoisotopic (exact) mass is 706 g/mol. The van der Waals surface area contributed by atoms with Gasteiger partial charge in [0.1, 0.15) is 30.0 Å². The van der Waals surface area contributed by atoms with Crippen molar-refractivity contribution in [1.29, 1.82) is 0 Å². The van der Waals surface area contributed by atoms with Gasteiger partial charge in [0, 0.05) is 31.1 Å². The highest BCUT2D eigenvalue weighted by Crippen LogP contribution is 2.64. The van der Waals surface area contributed by atoms with Crippen LogP contribution in [0.3, 0.4) is 0 Å². The molecule has 1 saturated heterocycles. The fourth-order valence-electron chi connectivity index (χ4n) is 9.13. The zero-order chi connectivity index (χ0) is 37.3. The van der Waals surface area contributed by atoms with Gasteiger partial charge in [-0.15, -0.1) is 0 Å². The largest absolute Gasteiger partial charge is 0.456 e. The Morgan fingerprint density at radius 2 is 1.57 bits per heavy atom. The Morgan fingerprint density at radius 3 is 2.14 bits per heavy atom. The SMILES string of the molecule is CC(=O)O[C@@]12COC1CC(O)C1(C)C(=O)C(O)C3=C(C)C(OC(=O)C(O)C(C)c4ccccc4)CC(O)(C(OC(=O)c4ccccc4)C12)C3(C)C. The number of rotatable bonds is 7. The molecule has 0 amide bonds. The summed E-state index contributed by atoms with van der Waals surface area (Å²) in [5, 5.41) is 48.2. The van der Waals surface area contributed by atoms with Crippen LogP contribution in [0.4, 0.5) is 0 Å². The minimum Gasteiger partial charge on any atom is -0.456 e. The van der Waals surface area contributed by atoms with Gasteiger partial charge in [0.25, 0.3) is 0 Å². The van der Waals surface area contributed by atoms with Crippen molar-refractivity contribution in [3.63, 3.8) is 0 Å². The van der Waals surface area contributed by atoms with E-state index in [2.05, 4.69) is 0 Å². The van der Waals surface area contributed by atoms with Crippen molar-refractivity contribution in [2.75, 3.05) is 6.61 Å². The Bertz CT molecular complexity index is 1740. The van der Waals surface area contributed by atoms with Gasteiger partial charge in [0.2, 0.25) is 0 Å². The number of aliphatic hydroxyl groups excluding tert-OH is 3. The molecule has 1 heterocycles. The second kappa shape index (κ2) is 12.9. The lowest BCUT2D eigenvalue weighted by Gasteiger charge is -2.67. The predicted molar refractivity (Wildman–Crippen MR) is 180 cm³/mol. The maximum Gasteiger partial charge on any atom is 0.338 e. The van der Waals surface area contributed by atoms with Gasteiger partial charge in [-0.1, -0.05) is 69.3 Å². The van der Waals surface area contributed by atoms with Crippen molar-refractivity contribution < 1.29 is 58.6 Å². The number of ketones is 1. The predicted octanol–water partition coefficient (Wildman–Crippen LogP) is 2.80. The number of esters is 3. The zero-order valence-corrected chi connectivity index (χ0v) is 29.6. The highest BCUT2D eigenvalue weighted by atomic mass is 16.6. The van der Waals surface area contributed by atoms with Gasteiger partial charge in [-0.25, -0.2) is 9.59 Å². The van der Waals surface area contributed by atoms with Crippen LogP contribution in [0.2, 0.25) is 0 Å². The first-order chi connectivity index (χ1) is 23.9. The molecule has 51 heavy (non-hydrogen) atoms. The Balaban J connectivity index is 1.53. The first kappa shape index (κ1) is 36.8. The van der Waals surface area contributed by atoms with Crippen molar-refractivity contribution in [3.05, 3.63) is 82.9 Å². The summed E-state index contributed by atoms with van der Waals surface area (Å²) < 4.78 is 24.0. The van der Waals surface area contributed by atoms with Crippen LogP contribution >= 0.6 is 0 Å². The standard InChI is InChI=1S/C39H46O12/c1-20(23-13-9-7-10-14-23)29(42)35(46)49-25-18-39(47)33(50-34(45)24-15-11-8-12-16-24)31-37(6,32(44)30(43)28(21(25)2)36(39,4)5)26(41)17-27-38(31,19-48-27)51-22(3)40/h7-16,20,25-27,29-31,33,41-43,47H,17-19H2,1-6H3/t20?,25?,26?,27?,29?,30?,31?,33?,37?,38-,39?/m0/s1. The summed E-state index contributed by atoms with van der Waals surface area (Å²) in [6.07, 6.45) is -9.53. The van der Waals surface area contributed by atoms with Gasteiger partial charge in [-0.2, -0.15) is 0 Å². The molecule has 2 aromatic carbocycles. The average molecular weight is 707 g/mol. The van der Waals surface area contributed by atoms with Crippen molar-refractivity contribution in [2.24, 2.45) is 16.7 Å². The van der Waals surface area contributed by atoms with E-state index in [-0.39, 0.29) is 29.7 Å². The van der Waals surface area contributed by atoms with Crippen LogP contribution in [0.5, 0.6) is 0 Å². The van der Waals surface area contributed by atoms with E-state index in [1.165, 1.54) is 26.0 Å². The van der Waals surface area contributed by atoms with E-state index in [9.17, 15) is 39.6 Å². The van der Waals surface area contributed by atoms with Gasteiger partial charge in [-0.05, 0) is 42.7 Å². The number of benzene rings is 2. The maximum absolute atomic E-state index is 14.8. The van der Waals surface area contributed by atoms with E-state index < -0.39 is 101 Å². The molecule has 11 atom stereocenters. The molecule has 2 bridgehead atoms. The molecule has 3 aliphatic carbocycles. The molecule has 2 saturated carbocycles. The normalized spacial score (nSPS) is 36.5. The zero-order valence-electron chi connectivity index (χ0n) is 29.6. The second-order valence-electron chi connectivity index (χ2n) is 15.2. The topological polar surface area (TPSA) is 186 Å². The lowest BCUT2D eigenvalue weighted by molar-refractivity contribution is -0.346. The number of hydrogen-bond acceptors (Lipinski definition) is 12. The van der Waals surface area contributed by atoms with Gasteiger partial charge < -0.3 is 39.4 Å². The highest BCUT2D eigenvalue weighted by Gasteiger charge is 2.78. The molecule has 0 spiro atoms. The Kier molecular flexibility index (Phi) is 9.34. The van der Waals surface area contributed by atoms with E-state index in [1.807, 2.05) is 0 Å². The molecule has 1 aliphatic heterocycles. The summed E-state index contributed by atoms with van der Waals surface area (Å²) in [7, 11) is 0. The number of fused-ring (bicyclic) bond motifs is 5. The molecule has 12 nitrogen and oxygen atoms in total. The minimum absolute atomic E-state index is 0.0193. The fourth-order valence-corrected chi connectivity index (χ4v) is 9.13. The summed E-state index contributed by atoms with van der Waals surface area (Å²) in [6, 6.07) is 16.9. The third kappa shape index (κ3) is 5.54. The number of carbonyl (C=O) groups excluding carboxylic acids is 4. The van der Waals surface area contributed by atoms with Crippen LogP contribution in [0.25, 0.3) is 0 Å². The van der Waals surface area contributed by atoms with Crippen molar-refractivity contribution >= 4 is 23.7 Å². The molecule has 274 valence electrons. The molecule has 6 rings (SSSR count). The summed E-state index contributed by atoms with van der Waals surface area (Å²) in [5.41, 5.74) is -6.32. The van der Waals surface area contributed by atoms with E-state index >= 15 is 0 Å². The number of hydrogen-bond donors (Lipinski definition) is 4. The molecule has 12 heteroatoms. The molecule has 10 unspecified atom stereocenters. The van der Waals surface area contributed by atoms with Gasteiger partial charge >= 0.3 is 17.9 Å². The molecule has 4 aliphatic rings. The molecular formula is C39H46O12. The highest BCUT2D eigenvalue weighted by molar-refractivity contribution is 5.94. The molecule has 2 aromatic rings. The smallest absolute Gasteiger partial charge is 0.338 e. The third-order valence-corrected chi connectivity index (χ3v) is 12.2. The molecular weight excluding hydrogens is 660 g/mol. The number of aliphatic hydroxyl groups is 4. The maximum atomic E-state index is 14.8. The van der Waals surface area contributed by atoms with E-state index in [0.717, 1.165) is 0 Å². The van der Waals surface area contributed by atoms with Crippen molar-refractivity contribution in [2.45, 2.75) is 108 Å². The number of carbonyl (C=O) groups is 4. The molecule has 0 radical (unpaired) electrons. The summed E-state index contributed by atoms with van der Waals surface area (Å²) in [5.74, 6) is -5.58. The fraction of sp³-hybridized carbons (Fsp3) is 0.538. The lowest BCUT2D eigenvalue weighted by atomic mass is 9.44. The molecule has 3 fully saturated rings. The minimum atomic E-state index is -2.24. The first-order valence-corrected chi connectivity index (χ1v) is 17.3.